The van der Waals surface area contributed by atoms with Gasteiger partial charge in [0.05, 0.1) is 29.1 Å². The minimum Gasteiger partial charge on any atom is -0.457 e. The van der Waals surface area contributed by atoms with Crippen molar-refractivity contribution in [2.24, 2.45) is 0 Å². The zero-order valence-corrected chi connectivity index (χ0v) is 36.3. The highest BCUT2D eigenvalue weighted by Gasteiger charge is 2.36. The van der Waals surface area contributed by atoms with Gasteiger partial charge in [0.2, 0.25) is 0 Å². The van der Waals surface area contributed by atoms with Gasteiger partial charge in [-0.3, -0.25) is 4.57 Å². The van der Waals surface area contributed by atoms with Crippen molar-refractivity contribution in [3.05, 3.63) is 211 Å². The number of ether oxygens (including phenoxy) is 1. The maximum absolute atomic E-state index is 6.69. The molecule has 0 unspecified atom stereocenters. The zero-order valence-electron chi connectivity index (χ0n) is 36.3. The predicted molar refractivity (Wildman–Crippen MR) is 261 cm³/mol. The van der Waals surface area contributed by atoms with Crippen molar-refractivity contribution in [1.29, 1.82) is 0 Å². The van der Waals surface area contributed by atoms with Gasteiger partial charge in [-0.05, 0) is 118 Å². The molecule has 2 aliphatic heterocycles. The molecule has 2 aliphatic rings. The van der Waals surface area contributed by atoms with Crippen LogP contribution in [-0.2, 0) is 10.8 Å². The number of hydrogen-bond donors (Lipinski definition) is 0. The third-order valence-corrected chi connectivity index (χ3v) is 12.9. The molecule has 63 heavy (non-hydrogen) atoms. The Labute approximate surface area is 369 Å². The monoisotopic (exact) mass is 819 g/mol. The van der Waals surface area contributed by atoms with E-state index in [0.29, 0.717) is 6.67 Å². The normalized spacial score (nSPS) is 14.3. The van der Waals surface area contributed by atoms with Gasteiger partial charge in [-0.2, -0.15) is 0 Å². The molecule has 9 aromatic rings. The summed E-state index contributed by atoms with van der Waals surface area (Å²) in [5, 5.41) is 2.32. The fourth-order valence-electron chi connectivity index (χ4n) is 9.49. The molecule has 6 heteroatoms. The molecular weight excluding hydrogens is 771 g/mol. The second-order valence-corrected chi connectivity index (χ2v) is 18.3. The number of anilines is 5. The Morgan fingerprint density at radius 3 is 1.92 bits per heavy atom. The maximum Gasteiger partial charge on any atom is 0.137 e. The van der Waals surface area contributed by atoms with Crippen LogP contribution in [0.25, 0.3) is 38.8 Å². The topological polar surface area (TPSA) is 36.8 Å². The molecule has 2 aromatic heterocycles. The van der Waals surface area contributed by atoms with Crippen molar-refractivity contribution < 1.29 is 4.74 Å². The van der Waals surface area contributed by atoms with E-state index in [9.17, 15) is 0 Å². The smallest absolute Gasteiger partial charge is 0.137 e. The first kappa shape index (κ1) is 38.4. The van der Waals surface area contributed by atoms with Crippen LogP contribution in [-0.4, -0.2) is 16.2 Å². The van der Waals surface area contributed by atoms with Crippen LogP contribution in [0.3, 0.4) is 0 Å². The van der Waals surface area contributed by atoms with Crippen LogP contribution in [0.15, 0.2) is 195 Å². The molecule has 0 saturated carbocycles. The quantitative estimate of drug-likeness (QED) is 0.160. The van der Waals surface area contributed by atoms with Gasteiger partial charge in [-0.1, -0.05) is 113 Å². The van der Waals surface area contributed by atoms with Crippen molar-refractivity contribution in [3.8, 4) is 28.4 Å². The lowest BCUT2D eigenvalue weighted by atomic mass is 9.73. The van der Waals surface area contributed by atoms with E-state index in [2.05, 4.69) is 236 Å². The molecule has 0 N–H and O–H groups in total. The van der Waals surface area contributed by atoms with Gasteiger partial charge in [0.1, 0.15) is 17.3 Å². The first-order chi connectivity index (χ1) is 30.6. The van der Waals surface area contributed by atoms with E-state index in [1.165, 1.54) is 44.6 Å². The van der Waals surface area contributed by atoms with Crippen LogP contribution in [0.5, 0.6) is 11.5 Å². The van der Waals surface area contributed by atoms with Gasteiger partial charge in [-0.15, -0.1) is 0 Å². The highest BCUT2D eigenvalue weighted by atomic mass is 16.5. The summed E-state index contributed by atoms with van der Waals surface area (Å²) in [5.41, 5.74) is 14.1. The lowest BCUT2D eigenvalue weighted by molar-refractivity contribution is 0.483. The van der Waals surface area contributed by atoms with Gasteiger partial charge < -0.3 is 19.4 Å². The highest BCUT2D eigenvalue weighted by Crippen LogP contribution is 2.52. The number of hydrogen-bond acceptors (Lipinski definition) is 5. The highest BCUT2D eigenvalue weighted by molar-refractivity contribution is 6.10. The molecule has 0 atom stereocenters. The molecule has 0 amide bonds. The average Bonchev–Trinajstić information content (AvgIpc) is 3.93. The summed E-state index contributed by atoms with van der Waals surface area (Å²) in [6, 6.07) is 62.9. The predicted octanol–water partition coefficient (Wildman–Crippen LogP) is 14.8. The molecule has 4 heterocycles. The van der Waals surface area contributed by atoms with Crippen molar-refractivity contribution in [2.45, 2.75) is 45.4 Å². The Balaban J connectivity index is 0.866. The van der Waals surface area contributed by atoms with Crippen LogP contribution in [0.1, 0.15) is 51.3 Å². The average molecular weight is 820 g/mol. The van der Waals surface area contributed by atoms with E-state index in [1.54, 1.807) is 0 Å². The fraction of sp³-hybridized carbons (Fsp3) is 0.140. The van der Waals surface area contributed by atoms with Gasteiger partial charge in [-0.25, -0.2) is 4.98 Å². The van der Waals surface area contributed by atoms with Gasteiger partial charge >= 0.3 is 0 Å². The summed E-state index contributed by atoms with van der Waals surface area (Å²) < 4.78 is 8.96. The Bertz CT molecular complexity index is 3160. The van der Waals surface area contributed by atoms with Crippen molar-refractivity contribution in [1.82, 2.24) is 9.55 Å². The molecule has 0 spiro atoms. The number of aromatic nitrogens is 2. The molecule has 6 nitrogen and oxygen atoms in total. The number of fused-ring (bicyclic) bond motifs is 5. The largest absolute Gasteiger partial charge is 0.457 e. The molecule has 0 radical (unpaired) electrons. The van der Waals surface area contributed by atoms with Gasteiger partial charge in [0.25, 0.3) is 0 Å². The minimum atomic E-state index is -0.0880. The first-order valence-corrected chi connectivity index (χ1v) is 21.8. The summed E-state index contributed by atoms with van der Waals surface area (Å²) in [6.45, 7) is 12.1. The van der Waals surface area contributed by atoms with Crippen molar-refractivity contribution >= 4 is 50.2 Å². The summed E-state index contributed by atoms with van der Waals surface area (Å²) >= 11 is 0. The summed E-state index contributed by atoms with van der Waals surface area (Å²) in [4.78, 5) is 11.8. The summed E-state index contributed by atoms with van der Waals surface area (Å²) in [6.07, 6.45) is 6.21. The number of pyridine rings is 1. The molecule has 11 rings (SSSR count). The second-order valence-electron chi connectivity index (χ2n) is 18.3. The molecule has 0 aliphatic carbocycles. The number of nitrogens with zero attached hydrogens (tertiary/aromatic N) is 5. The number of para-hydroxylation sites is 2. The van der Waals surface area contributed by atoms with Gasteiger partial charge in [0, 0.05) is 64.0 Å². The second kappa shape index (κ2) is 14.8. The van der Waals surface area contributed by atoms with E-state index >= 15 is 0 Å². The standard InChI is InChI=1S/C57H49N5O/c1-56(2,3)41-30-31-58-55(35-41)62-51-29-22-40(39-14-7-6-8-15-39)34-48(51)47-28-27-46(37-54(47)62)63-45-17-13-16-44(36-45)60-33-32-59(38-60)42-23-25-43(26-24-42)61-52-20-11-9-18-49(52)57(4,5)50-19-10-12-21-53(50)61/h6-37H,38H2,1-5H3. The van der Waals surface area contributed by atoms with Crippen molar-refractivity contribution in [2.75, 3.05) is 21.4 Å². The SMILES string of the molecule is CC(C)(C)c1ccnc(-n2c3ccc(-c4ccccc4)cc3c3ccc(Oc4cccc(N5C=CN(c6ccc(N7c8ccccc8C(C)(C)c8ccccc87)cc6)C5)c4)cc32)c1. The van der Waals surface area contributed by atoms with Gasteiger partial charge in [0.15, 0.2) is 0 Å². The number of benzene rings is 7. The van der Waals surface area contributed by atoms with E-state index < -0.39 is 0 Å². The fourth-order valence-corrected chi connectivity index (χ4v) is 9.49. The zero-order chi connectivity index (χ0) is 42.9. The molecule has 0 saturated heterocycles. The van der Waals surface area contributed by atoms with Crippen LogP contribution < -0.4 is 19.4 Å². The van der Waals surface area contributed by atoms with Crippen molar-refractivity contribution in [3.63, 3.8) is 0 Å². The Morgan fingerprint density at radius 1 is 0.524 bits per heavy atom. The number of rotatable bonds is 7. The third kappa shape index (κ3) is 6.70. The molecule has 0 fully saturated rings. The summed E-state index contributed by atoms with van der Waals surface area (Å²) in [5.74, 6) is 2.43. The summed E-state index contributed by atoms with van der Waals surface area (Å²) in [7, 11) is 0. The molecule has 308 valence electrons. The minimum absolute atomic E-state index is 0.0197. The molecular formula is C57H49N5O. The van der Waals surface area contributed by atoms with Crippen LogP contribution in [0, 0.1) is 0 Å². The Kier molecular flexibility index (Phi) is 9.02. The molecule has 0 bridgehead atoms. The Hall–Kier alpha value is -7.57. The maximum atomic E-state index is 6.69. The van der Waals surface area contributed by atoms with E-state index in [1.807, 2.05) is 12.3 Å². The van der Waals surface area contributed by atoms with E-state index in [0.717, 1.165) is 50.8 Å². The van der Waals surface area contributed by atoms with E-state index in [-0.39, 0.29) is 10.8 Å². The third-order valence-electron chi connectivity index (χ3n) is 12.9. The molecule has 7 aromatic carbocycles. The van der Waals surface area contributed by atoms with Crippen LogP contribution in [0.4, 0.5) is 28.4 Å². The first-order valence-electron chi connectivity index (χ1n) is 21.8. The lowest BCUT2D eigenvalue weighted by Gasteiger charge is -2.42. The van der Waals surface area contributed by atoms with E-state index in [4.69, 9.17) is 9.72 Å². The van der Waals surface area contributed by atoms with Crippen LogP contribution >= 0.6 is 0 Å². The Morgan fingerprint density at radius 2 is 1.19 bits per heavy atom. The van der Waals surface area contributed by atoms with Crippen LogP contribution in [0.2, 0.25) is 0 Å². The lowest BCUT2D eigenvalue weighted by Crippen LogP contribution is -2.30.